The largest absolute Gasteiger partial charge is 0.385 e. The summed E-state index contributed by atoms with van der Waals surface area (Å²) >= 11 is 0. The number of aromatic nitrogens is 1. The third-order valence-electron chi connectivity index (χ3n) is 7.49. The van der Waals surface area contributed by atoms with Crippen LogP contribution >= 0.6 is 0 Å². The van der Waals surface area contributed by atoms with E-state index in [2.05, 4.69) is 50.9 Å². The highest BCUT2D eigenvalue weighted by atomic mass is 16.1. The van der Waals surface area contributed by atoms with Crippen LogP contribution in [0.2, 0.25) is 0 Å². The molecule has 3 aliphatic rings. The van der Waals surface area contributed by atoms with Gasteiger partial charge in [0, 0.05) is 30.0 Å². The lowest BCUT2D eigenvalue weighted by Crippen LogP contribution is -2.21. The summed E-state index contributed by atoms with van der Waals surface area (Å²) in [5.74, 6) is 0.536. The van der Waals surface area contributed by atoms with Gasteiger partial charge in [-0.25, -0.2) is 4.98 Å². The fraction of sp³-hybridized carbons (Fsp3) is 0.467. The Morgan fingerprint density at radius 2 is 1.85 bits per heavy atom. The van der Waals surface area contributed by atoms with Gasteiger partial charge in [0.15, 0.2) is 5.78 Å². The van der Waals surface area contributed by atoms with Gasteiger partial charge in [0.25, 0.3) is 0 Å². The van der Waals surface area contributed by atoms with E-state index in [1.807, 2.05) is 13.8 Å². The summed E-state index contributed by atoms with van der Waals surface area (Å²) in [5.41, 5.74) is 12.2. The van der Waals surface area contributed by atoms with Crippen LogP contribution in [0.4, 0.5) is 5.69 Å². The Morgan fingerprint density at radius 1 is 1.09 bits per heavy atom. The Bertz CT molecular complexity index is 1180. The monoisotopic (exact) mass is 442 g/mol. The first kappa shape index (κ1) is 23.5. The lowest BCUT2D eigenvalue weighted by atomic mass is 9.74. The van der Waals surface area contributed by atoms with E-state index < -0.39 is 0 Å². The molecule has 1 aromatic heterocycles. The van der Waals surface area contributed by atoms with Crippen LogP contribution in [-0.2, 0) is 24.1 Å². The van der Waals surface area contributed by atoms with E-state index in [1.54, 1.807) is 0 Å². The molecule has 0 bridgehead atoms. The topological polar surface area (TPSA) is 42.0 Å². The first-order valence-corrected chi connectivity index (χ1v) is 12.9. The molecule has 3 nitrogen and oxygen atoms in total. The molecular formula is C30H38N2O. The average Bonchev–Trinajstić information content (AvgIpc) is 2.84. The van der Waals surface area contributed by atoms with Gasteiger partial charge in [0.1, 0.15) is 0 Å². The Morgan fingerprint density at radius 3 is 2.58 bits per heavy atom. The summed E-state index contributed by atoms with van der Waals surface area (Å²) in [5, 5.41) is 4.90. The van der Waals surface area contributed by atoms with Crippen molar-refractivity contribution in [2.24, 2.45) is 5.92 Å². The predicted molar refractivity (Wildman–Crippen MR) is 141 cm³/mol. The molecule has 0 saturated carbocycles. The van der Waals surface area contributed by atoms with E-state index in [9.17, 15) is 4.79 Å². The number of pyridine rings is 1. The van der Waals surface area contributed by atoms with E-state index in [0.717, 1.165) is 61.0 Å². The normalized spacial score (nSPS) is 19.7. The molecule has 0 radical (unpaired) electrons. The second kappa shape index (κ2) is 9.67. The molecule has 3 heteroatoms. The van der Waals surface area contributed by atoms with Gasteiger partial charge < -0.3 is 5.32 Å². The molecule has 0 amide bonds. The van der Waals surface area contributed by atoms with Crippen molar-refractivity contribution in [1.29, 1.82) is 0 Å². The molecule has 0 aliphatic heterocycles. The molecule has 0 fully saturated rings. The van der Waals surface area contributed by atoms with Crippen LogP contribution in [0.5, 0.6) is 0 Å². The van der Waals surface area contributed by atoms with Gasteiger partial charge in [-0.05, 0) is 91.0 Å². The smallest absolute Gasteiger partial charge is 0.163 e. The van der Waals surface area contributed by atoms with E-state index in [1.165, 1.54) is 45.3 Å². The number of hydrogen-bond donors (Lipinski definition) is 1. The summed E-state index contributed by atoms with van der Waals surface area (Å²) in [6, 6.07) is 4.35. The summed E-state index contributed by atoms with van der Waals surface area (Å²) in [6.07, 6.45) is 8.85. The molecule has 1 atom stereocenters. The molecule has 1 heterocycles. The van der Waals surface area contributed by atoms with E-state index >= 15 is 0 Å². The summed E-state index contributed by atoms with van der Waals surface area (Å²) < 4.78 is 0. The number of carbonyl (C=O) groups is 1. The van der Waals surface area contributed by atoms with E-state index in [0.29, 0.717) is 6.42 Å². The first-order valence-electron chi connectivity index (χ1n) is 12.9. The number of ketones is 1. The third-order valence-corrected chi connectivity index (χ3v) is 7.49. The van der Waals surface area contributed by atoms with Gasteiger partial charge in [-0.1, -0.05) is 45.9 Å². The van der Waals surface area contributed by atoms with Gasteiger partial charge in [-0.15, -0.1) is 0 Å². The molecule has 33 heavy (non-hydrogen) atoms. The van der Waals surface area contributed by atoms with Crippen molar-refractivity contribution >= 4 is 27.9 Å². The number of Topliss-reactive ketones (excluding diaryl/α,β-unsaturated/α-hetero) is 1. The molecule has 0 spiro atoms. The Kier molecular flexibility index (Phi) is 6.88. The molecule has 5 rings (SSSR count). The number of allylic oxidation sites excluding steroid dienone is 5. The fourth-order valence-corrected chi connectivity index (χ4v) is 5.84. The lowest BCUT2D eigenvalue weighted by molar-refractivity contribution is -0.115. The van der Waals surface area contributed by atoms with E-state index in [4.69, 9.17) is 4.98 Å². The maximum atomic E-state index is 13.1. The van der Waals surface area contributed by atoms with Crippen LogP contribution in [0, 0.1) is 5.92 Å². The molecule has 0 saturated heterocycles. The van der Waals surface area contributed by atoms with Gasteiger partial charge in [-0.2, -0.15) is 0 Å². The SMILES string of the molecule is C=C1CCC2=C(C=C(c3nc4ccc(NCC)c5c4c(c3CC)CCC5)CC2=O)C1C.CC. The van der Waals surface area contributed by atoms with Crippen molar-refractivity contribution in [3.8, 4) is 0 Å². The minimum absolute atomic E-state index is 0.251. The number of anilines is 1. The first-order chi connectivity index (χ1) is 16.0. The number of nitrogens with zero attached hydrogens (tertiary/aromatic N) is 1. The second-order valence-corrected chi connectivity index (χ2v) is 9.22. The predicted octanol–water partition coefficient (Wildman–Crippen LogP) is 7.38. The fourth-order valence-electron chi connectivity index (χ4n) is 5.84. The van der Waals surface area contributed by atoms with Crippen molar-refractivity contribution in [1.82, 2.24) is 4.98 Å². The minimum atomic E-state index is 0.251. The number of aryl methyl sites for hydroxylation is 2. The van der Waals surface area contributed by atoms with Crippen molar-refractivity contribution < 1.29 is 4.79 Å². The van der Waals surface area contributed by atoms with Gasteiger partial charge in [0.05, 0.1) is 11.2 Å². The highest BCUT2D eigenvalue weighted by Crippen LogP contribution is 2.43. The average molecular weight is 443 g/mol. The van der Waals surface area contributed by atoms with Crippen LogP contribution in [0.3, 0.4) is 0 Å². The summed E-state index contributed by atoms with van der Waals surface area (Å²) in [7, 11) is 0. The van der Waals surface area contributed by atoms with Crippen LogP contribution < -0.4 is 5.32 Å². The molecule has 174 valence electrons. The second-order valence-electron chi connectivity index (χ2n) is 9.22. The quantitative estimate of drug-likeness (QED) is 0.502. The minimum Gasteiger partial charge on any atom is -0.385 e. The van der Waals surface area contributed by atoms with Gasteiger partial charge >= 0.3 is 0 Å². The number of benzene rings is 1. The van der Waals surface area contributed by atoms with Crippen LogP contribution in [0.15, 0.2) is 41.5 Å². The molecule has 3 aliphatic carbocycles. The van der Waals surface area contributed by atoms with Crippen molar-refractivity contribution in [3.05, 3.63) is 63.9 Å². The van der Waals surface area contributed by atoms with Crippen LogP contribution in [0.25, 0.3) is 16.5 Å². The number of rotatable bonds is 4. The zero-order valence-electron chi connectivity index (χ0n) is 21.0. The Labute approximate surface area is 199 Å². The van der Waals surface area contributed by atoms with Crippen molar-refractivity contribution in [3.63, 3.8) is 0 Å². The number of hydrogen-bond acceptors (Lipinski definition) is 3. The summed E-state index contributed by atoms with van der Waals surface area (Å²) in [4.78, 5) is 18.3. The number of carbonyl (C=O) groups excluding carboxylic acids is 1. The van der Waals surface area contributed by atoms with Gasteiger partial charge in [-0.3, -0.25) is 4.79 Å². The molecule has 2 aromatic rings. The lowest BCUT2D eigenvalue weighted by Gasteiger charge is -2.30. The standard InChI is InChI=1S/C28H32N2O.C2H6/c1-5-19-21-8-7-9-22-24(29-6-2)12-13-25(27(21)22)30-28(19)18-14-23-17(4)16(3)10-11-20(23)26(31)15-18;1-2/h12-14,17,29H,3,5-11,15H2,1-2,4H3;1-2H3. The number of nitrogens with one attached hydrogen (secondary N) is 1. The van der Waals surface area contributed by atoms with E-state index in [-0.39, 0.29) is 11.7 Å². The molecule has 1 unspecified atom stereocenters. The highest BCUT2D eigenvalue weighted by Gasteiger charge is 2.31. The van der Waals surface area contributed by atoms with Crippen molar-refractivity contribution in [2.45, 2.75) is 79.6 Å². The molecule has 1 N–H and O–H groups in total. The maximum absolute atomic E-state index is 13.1. The van der Waals surface area contributed by atoms with Crippen LogP contribution in [0.1, 0.15) is 82.7 Å². The highest BCUT2D eigenvalue weighted by molar-refractivity contribution is 6.06. The zero-order chi connectivity index (χ0) is 23.7. The van der Waals surface area contributed by atoms with Crippen LogP contribution in [-0.4, -0.2) is 17.3 Å². The molecular weight excluding hydrogens is 404 g/mol. The Hall–Kier alpha value is -2.68. The zero-order valence-corrected chi connectivity index (χ0v) is 21.0. The maximum Gasteiger partial charge on any atom is 0.163 e. The third kappa shape index (κ3) is 3.96. The van der Waals surface area contributed by atoms with Crippen molar-refractivity contribution in [2.75, 3.05) is 11.9 Å². The Balaban J connectivity index is 0.00000126. The van der Waals surface area contributed by atoms with Gasteiger partial charge in [0.2, 0.25) is 0 Å². The summed E-state index contributed by atoms with van der Waals surface area (Å²) in [6.45, 7) is 15.7. The molecule has 1 aromatic carbocycles.